The molecule has 1 N–H and O–H groups in total. The third-order valence-electron chi connectivity index (χ3n) is 4.68. The fourth-order valence-corrected chi connectivity index (χ4v) is 4.47. The lowest BCUT2D eigenvalue weighted by Gasteiger charge is -2.18. The number of hydrogen-bond acceptors (Lipinski definition) is 5. The molecule has 3 aromatic carbocycles. The molecular formula is C23H22ClFN2O5S. The number of nitrogens with one attached hydrogen (secondary N) is 1. The molecule has 0 atom stereocenters. The second kappa shape index (κ2) is 10.5. The molecule has 0 aliphatic carbocycles. The number of carbonyl (C=O) groups excluding carboxylic acids is 1. The molecule has 1 amide bonds. The zero-order chi connectivity index (χ0) is 24.0. The summed E-state index contributed by atoms with van der Waals surface area (Å²) in [5, 5.41) is -0.0295. The van der Waals surface area contributed by atoms with Crippen molar-refractivity contribution in [3.05, 3.63) is 83.1 Å². The number of anilines is 1. The summed E-state index contributed by atoms with van der Waals surface area (Å²) in [7, 11) is -1.03. The fraction of sp³-hybridized carbons (Fsp3) is 0.174. The van der Waals surface area contributed by atoms with E-state index in [1.807, 2.05) is 0 Å². The molecule has 0 heterocycles. The van der Waals surface area contributed by atoms with Crippen LogP contribution >= 0.6 is 11.6 Å². The van der Waals surface area contributed by atoms with Crippen LogP contribution in [0.15, 0.2) is 71.6 Å². The van der Waals surface area contributed by atoms with Gasteiger partial charge in [0.2, 0.25) is 0 Å². The lowest BCUT2D eigenvalue weighted by Crippen LogP contribution is -2.31. The zero-order valence-electron chi connectivity index (χ0n) is 17.9. The summed E-state index contributed by atoms with van der Waals surface area (Å²) in [6, 6.07) is 16.3. The number of rotatable bonds is 9. The number of ether oxygens (including phenoxy) is 2. The number of halogens is 2. The predicted molar refractivity (Wildman–Crippen MR) is 124 cm³/mol. The van der Waals surface area contributed by atoms with Crippen LogP contribution in [-0.2, 0) is 10.0 Å². The molecule has 0 bridgehead atoms. The van der Waals surface area contributed by atoms with Crippen LogP contribution in [0.4, 0.5) is 10.1 Å². The molecule has 33 heavy (non-hydrogen) atoms. The highest BCUT2D eigenvalue weighted by Crippen LogP contribution is 2.26. The van der Waals surface area contributed by atoms with Gasteiger partial charge in [0.1, 0.15) is 17.3 Å². The van der Waals surface area contributed by atoms with Crippen molar-refractivity contribution in [2.24, 2.45) is 0 Å². The average Bonchev–Trinajstić information content (AvgIpc) is 2.80. The number of amides is 1. The van der Waals surface area contributed by atoms with Crippen molar-refractivity contribution in [1.82, 2.24) is 4.90 Å². The highest BCUT2D eigenvalue weighted by molar-refractivity contribution is 7.92. The minimum atomic E-state index is -4.06. The number of sulfonamides is 1. The number of nitrogens with zero attached hydrogens (tertiary/aromatic N) is 1. The van der Waals surface area contributed by atoms with Gasteiger partial charge in [0, 0.05) is 18.3 Å². The first kappa shape index (κ1) is 24.3. The smallest absolute Gasteiger partial charge is 0.263 e. The summed E-state index contributed by atoms with van der Waals surface area (Å²) >= 11 is 6.13. The Labute approximate surface area is 196 Å². The Morgan fingerprint density at radius 1 is 1.09 bits per heavy atom. The van der Waals surface area contributed by atoms with Crippen molar-refractivity contribution >= 4 is 33.2 Å². The molecule has 3 rings (SSSR count). The van der Waals surface area contributed by atoms with Crippen LogP contribution in [0, 0.1) is 5.82 Å². The van der Waals surface area contributed by atoms with Crippen LogP contribution in [0.2, 0.25) is 5.02 Å². The van der Waals surface area contributed by atoms with E-state index in [1.54, 1.807) is 36.4 Å². The second-order valence-electron chi connectivity index (χ2n) is 6.98. The van der Waals surface area contributed by atoms with E-state index in [-0.39, 0.29) is 34.4 Å². The molecule has 3 aromatic rings. The van der Waals surface area contributed by atoms with Gasteiger partial charge in [-0.3, -0.25) is 9.52 Å². The van der Waals surface area contributed by atoms with Gasteiger partial charge in [-0.1, -0.05) is 23.7 Å². The SMILES string of the molecule is COc1ccc(NS(=O)(=O)c2cc(C(=O)N(C)CCOc3ccccc3F)ccc2Cl)cc1. The highest BCUT2D eigenvalue weighted by atomic mass is 35.5. The molecule has 0 aromatic heterocycles. The predicted octanol–water partition coefficient (Wildman–Crippen LogP) is 4.44. The van der Waals surface area contributed by atoms with Crippen LogP contribution in [0.1, 0.15) is 10.4 Å². The van der Waals surface area contributed by atoms with Crippen molar-refractivity contribution in [3.63, 3.8) is 0 Å². The second-order valence-corrected chi connectivity index (χ2v) is 9.04. The van der Waals surface area contributed by atoms with E-state index in [0.717, 1.165) is 0 Å². The van der Waals surface area contributed by atoms with E-state index in [0.29, 0.717) is 11.4 Å². The Morgan fingerprint density at radius 3 is 2.45 bits per heavy atom. The van der Waals surface area contributed by atoms with Gasteiger partial charge in [-0.15, -0.1) is 0 Å². The largest absolute Gasteiger partial charge is 0.497 e. The van der Waals surface area contributed by atoms with Gasteiger partial charge >= 0.3 is 0 Å². The van der Waals surface area contributed by atoms with E-state index in [9.17, 15) is 17.6 Å². The molecule has 0 unspecified atom stereocenters. The Bertz CT molecular complexity index is 1240. The first-order chi connectivity index (χ1) is 15.7. The minimum Gasteiger partial charge on any atom is -0.497 e. The van der Waals surface area contributed by atoms with Crippen LogP contribution in [0.3, 0.4) is 0 Å². The van der Waals surface area contributed by atoms with Gasteiger partial charge in [-0.05, 0) is 54.6 Å². The highest BCUT2D eigenvalue weighted by Gasteiger charge is 2.22. The Balaban J connectivity index is 1.71. The summed E-state index contributed by atoms with van der Waals surface area (Å²) < 4.78 is 52.2. The normalized spacial score (nSPS) is 11.0. The summed E-state index contributed by atoms with van der Waals surface area (Å²) in [5.41, 5.74) is 0.439. The van der Waals surface area contributed by atoms with Crippen molar-refractivity contribution in [1.29, 1.82) is 0 Å². The monoisotopic (exact) mass is 492 g/mol. The van der Waals surface area contributed by atoms with E-state index >= 15 is 0 Å². The number of likely N-dealkylation sites (N-methyl/N-ethyl adjacent to an activating group) is 1. The number of benzene rings is 3. The summed E-state index contributed by atoms with van der Waals surface area (Å²) in [5.74, 6) is -0.276. The van der Waals surface area contributed by atoms with Gasteiger partial charge in [0.15, 0.2) is 11.6 Å². The van der Waals surface area contributed by atoms with Gasteiger partial charge in [0.05, 0.1) is 18.7 Å². The Kier molecular flexibility index (Phi) is 7.78. The molecule has 7 nitrogen and oxygen atoms in total. The van der Waals surface area contributed by atoms with Crippen molar-refractivity contribution in [2.75, 3.05) is 32.0 Å². The van der Waals surface area contributed by atoms with Gasteiger partial charge in [-0.2, -0.15) is 0 Å². The first-order valence-electron chi connectivity index (χ1n) is 9.80. The number of hydrogen-bond donors (Lipinski definition) is 1. The molecule has 0 fully saturated rings. The van der Waals surface area contributed by atoms with Gasteiger partial charge in [-0.25, -0.2) is 12.8 Å². The molecule has 174 valence electrons. The molecule has 0 spiro atoms. The molecule has 0 radical (unpaired) electrons. The van der Waals surface area contributed by atoms with E-state index < -0.39 is 21.7 Å². The number of methoxy groups -OCH3 is 1. The number of para-hydroxylation sites is 1. The van der Waals surface area contributed by atoms with Crippen molar-refractivity contribution in [2.45, 2.75) is 4.90 Å². The van der Waals surface area contributed by atoms with Crippen LogP contribution < -0.4 is 14.2 Å². The van der Waals surface area contributed by atoms with Gasteiger partial charge in [0.25, 0.3) is 15.9 Å². The summed E-state index contributed by atoms with van der Waals surface area (Å²) in [6.45, 7) is 0.211. The maximum absolute atomic E-state index is 13.6. The lowest BCUT2D eigenvalue weighted by atomic mass is 10.2. The lowest BCUT2D eigenvalue weighted by molar-refractivity contribution is 0.0772. The summed E-state index contributed by atoms with van der Waals surface area (Å²) in [4.78, 5) is 13.9. The van der Waals surface area contributed by atoms with Crippen LogP contribution in [-0.4, -0.2) is 46.5 Å². The molecule has 0 aliphatic heterocycles. The molecule has 0 saturated heterocycles. The quantitative estimate of drug-likeness (QED) is 0.477. The average molecular weight is 493 g/mol. The van der Waals surface area contributed by atoms with Crippen LogP contribution in [0.5, 0.6) is 11.5 Å². The minimum absolute atomic E-state index is 0.0295. The molecular weight excluding hydrogens is 471 g/mol. The van der Waals surface area contributed by atoms with Crippen LogP contribution in [0.25, 0.3) is 0 Å². The Morgan fingerprint density at radius 2 is 1.79 bits per heavy atom. The number of carbonyl (C=O) groups is 1. The third-order valence-corrected chi connectivity index (χ3v) is 6.54. The maximum atomic E-state index is 13.6. The maximum Gasteiger partial charge on any atom is 0.263 e. The topological polar surface area (TPSA) is 84.9 Å². The fourth-order valence-electron chi connectivity index (χ4n) is 2.89. The zero-order valence-corrected chi connectivity index (χ0v) is 19.5. The molecule has 0 saturated carbocycles. The van der Waals surface area contributed by atoms with Crippen molar-refractivity contribution < 1.29 is 27.1 Å². The van der Waals surface area contributed by atoms with Gasteiger partial charge < -0.3 is 14.4 Å². The first-order valence-corrected chi connectivity index (χ1v) is 11.7. The van der Waals surface area contributed by atoms with E-state index in [1.165, 1.54) is 49.4 Å². The summed E-state index contributed by atoms with van der Waals surface area (Å²) in [6.07, 6.45) is 0. The third kappa shape index (κ3) is 6.15. The van der Waals surface area contributed by atoms with E-state index in [2.05, 4.69) is 4.72 Å². The van der Waals surface area contributed by atoms with E-state index in [4.69, 9.17) is 21.1 Å². The Hall–Kier alpha value is -3.30. The standard InChI is InChI=1S/C23H22ClFN2O5S/c1-27(13-14-32-21-6-4-3-5-20(21)25)23(28)16-7-12-19(24)22(15-16)33(29,30)26-17-8-10-18(31-2)11-9-17/h3-12,15,26H,13-14H2,1-2H3. The van der Waals surface area contributed by atoms with Crippen molar-refractivity contribution in [3.8, 4) is 11.5 Å². The molecule has 10 heteroatoms. The molecule has 0 aliphatic rings.